The molecule has 3 nitrogen and oxygen atoms in total. The van der Waals surface area contributed by atoms with Crippen LogP contribution in [0.5, 0.6) is 0 Å². The van der Waals surface area contributed by atoms with Crippen LogP contribution in [-0.2, 0) is 11.0 Å². The van der Waals surface area contributed by atoms with E-state index in [1.54, 1.807) is 31.2 Å². The SMILES string of the molecule is CC1CCN([C@@H](c2ccc(F)cc2)c2ccc([C@@H](C)C(=O)O)cc2-c2ccc(C(F)(F)F)cc2)CC1. The van der Waals surface area contributed by atoms with Crippen molar-refractivity contribution in [2.75, 3.05) is 13.1 Å². The number of carboxylic acid groups (broad SMARTS) is 1. The van der Waals surface area contributed by atoms with Gasteiger partial charge in [0, 0.05) is 0 Å². The van der Waals surface area contributed by atoms with Crippen LogP contribution >= 0.6 is 0 Å². The summed E-state index contributed by atoms with van der Waals surface area (Å²) < 4.78 is 53.4. The number of carbonyl (C=O) groups is 1. The predicted octanol–water partition coefficient (Wildman–Crippen LogP) is 7.52. The number of likely N-dealkylation sites (tertiary alicyclic amines) is 1. The zero-order chi connectivity index (χ0) is 26.0. The Bertz CT molecular complexity index is 1200. The van der Waals surface area contributed by atoms with Gasteiger partial charge in [-0.2, -0.15) is 13.2 Å². The minimum absolute atomic E-state index is 0.260. The summed E-state index contributed by atoms with van der Waals surface area (Å²) in [4.78, 5) is 14.0. The number of hydrogen-bond acceptors (Lipinski definition) is 2. The second-order valence-electron chi connectivity index (χ2n) is 9.65. The Morgan fingerprint density at radius 2 is 1.53 bits per heavy atom. The van der Waals surface area contributed by atoms with Gasteiger partial charge in [0.15, 0.2) is 0 Å². The van der Waals surface area contributed by atoms with E-state index in [-0.39, 0.29) is 11.9 Å². The third-order valence-corrected chi connectivity index (χ3v) is 7.13. The Morgan fingerprint density at radius 1 is 0.944 bits per heavy atom. The molecule has 36 heavy (non-hydrogen) atoms. The summed E-state index contributed by atoms with van der Waals surface area (Å²) in [6.45, 7) is 5.43. The van der Waals surface area contributed by atoms with Gasteiger partial charge in [0.25, 0.3) is 0 Å². The van der Waals surface area contributed by atoms with Crippen molar-refractivity contribution in [3.8, 4) is 11.1 Å². The van der Waals surface area contributed by atoms with E-state index < -0.39 is 23.6 Å². The van der Waals surface area contributed by atoms with E-state index in [4.69, 9.17) is 0 Å². The summed E-state index contributed by atoms with van der Waals surface area (Å²) in [6, 6.07) is 16.4. The molecule has 0 aliphatic carbocycles. The van der Waals surface area contributed by atoms with Gasteiger partial charge in [0.1, 0.15) is 5.82 Å². The summed E-state index contributed by atoms with van der Waals surface area (Å²) in [6.07, 6.45) is -2.45. The maximum Gasteiger partial charge on any atom is 0.416 e. The Balaban J connectivity index is 1.88. The first-order valence-corrected chi connectivity index (χ1v) is 12.1. The van der Waals surface area contributed by atoms with Gasteiger partial charge < -0.3 is 5.11 Å². The summed E-state index contributed by atoms with van der Waals surface area (Å²) >= 11 is 0. The standard InChI is InChI=1S/C29H29F4NO2/c1-18-13-15-34(16-14-18)27(21-5-10-24(30)11-6-21)25-12-7-22(19(2)28(35)36)17-26(25)20-3-8-23(9-4-20)29(31,32)33/h3-12,17-19,27H,13-16H2,1-2H3,(H,35,36)/t19-,27+/m1/s1. The zero-order valence-corrected chi connectivity index (χ0v) is 20.2. The van der Waals surface area contributed by atoms with E-state index in [1.807, 2.05) is 6.07 Å². The van der Waals surface area contributed by atoms with Crippen molar-refractivity contribution in [3.63, 3.8) is 0 Å². The lowest BCUT2D eigenvalue weighted by molar-refractivity contribution is -0.138. The average molecular weight is 500 g/mol. The number of aliphatic carboxylic acids is 1. The maximum atomic E-state index is 13.8. The van der Waals surface area contributed by atoms with E-state index in [9.17, 15) is 27.5 Å². The second-order valence-corrected chi connectivity index (χ2v) is 9.65. The monoisotopic (exact) mass is 499 g/mol. The van der Waals surface area contributed by atoms with E-state index in [0.717, 1.165) is 49.2 Å². The molecule has 0 bridgehead atoms. The Hall–Kier alpha value is -3.19. The van der Waals surface area contributed by atoms with Crippen molar-refractivity contribution in [1.29, 1.82) is 0 Å². The molecule has 1 aliphatic heterocycles. The molecule has 1 N–H and O–H groups in total. The highest BCUT2D eigenvalue weighted by atomic mass is 19.4. The van der Waals surface area contributed by atoms with Crippen LogP contribution in [0.3, 0.4) is 0 Å². The minimum atomic E-state index is -4.46. The summed E-state index contributed by atoms with van der Waals surface area (Å²) in [5.41, 5.74) is 2.77. The van der Waals surface area contributed by atoms with Gasteiger partial charge in [-0.05, 0) is 96.9 Å². The van der Waals surface area contributed by atoms with Crippen molar-refractivity contribution in [2.24, 2.45) is 5.92 Å². The molecule has 4 rings (SSSR count). The van der Waals surface area contributed by atoms with Gasteiger partial charge in [-0.25, -0.2) is 4.39 Å². The number of benzene rings is 3. The van der Waals surface area contributed by atoms with Crippen molar-refractivity contribution < 1.29 is 27.5 Å². The fourth-order valence-corrected chi connectivity index (χ4v) is 4.83. The first-order valence-electron chi connectivity index (χ1n) is 12.1. The normalized spacial score (nSPS) is 17.1. The van der Waals surface area contributed by atoms with Crippen molar-refractivity contribution in [2.45, 2.75) is 44.8 Å². The van der Waals surface area contributed by atoms with Gasteiger partial charge in [0.05, 0.1) is 17.5 Å². The summed E-state index contributed by atoms with van der Waals surface area (Å²) in [5, 5.41) is 9.57. The molecular weight excluding hydrogens is 470 g/mol. The lowest BCUT2D eigenvalue weighted by Gasteiger charge is -2.38. The number of halogens is 4. The Morgan fingerprint density at radius 3 is 2.08 bits per heavy atom. The van der Waals surface area contributed by atoms with Gasteiger partial charge in [0.2, 0.25) is 0 Å². The maximum absolute atomic E-state index is 13.8. The average Bonchev–Trinajstić information content (AvgIpc) is 2.85. The lowest BCUT2D eigenvalue weighted by atomic mass is 9.85. The Kier molecular flexibility index (Phi) is 7.50. The molecule has 190 valence electrons. The van der Waals surface area contributed by atoms with E-state index in [0.29, 0.717) is 22.6 Å². The highest BCUT2D eigenvalue weighted by molar-refractivity contribution is 5.78. The van der Waals surface area contributed by atoms with Gasteiger partial charge in [-0.1, -0.05) is 43.3 Å². The number of rotatable bonds is 6. The van der Waals surface area contributed by atoms with Gasteiger partial charge in [-0.3, -0.25) is 9.69 Å². The lowest BCUT2D eigenvalue weighted by Crippen LogP contribution is -2.37. The van der Waals surface area contributed by atoms with Crippen molar-refractivity contribution in [1.82, 2.24) is 4.90 Å². The third kappa shape index (κ3) is 5.62. The molecule has 0 amide bonds. The number of piperidine rings is 1. The van der Waals surface area contributed by atoms with E-state index in [1.165, 1.54) is 24.3 Å². The van der Waals surface area contributed by atoms with Gasteiger partial charge in [-0.15, -0.1) is 0 Å². The quantitative estimate of drug-likeness (QED) is 0.357. The van der Waals surface area contributed by atoms with Crippen LogP contribution in [0.25, 0.3) is 11.1 Å². The fourth-order valence-electron chi connectivity index (χ4n) is 4.83. The predicted molar refractivity (Wildman–Crippen MR) is 131 cm³/mol. The largest absolute Gasteiger partial charge is 0.481 e. The molecule has 3 aromatic carbocycles. The van der Waals surface area contributed by atoms with Crippen LogP contribution < -0.4 is 0 Å². The van der Waals surface area contributed by atoms with Crippen LogP contribution in [0.1, 0.15) is 60.9 Å². The topological polar surface area (TPSA) is 40.5 Å². The molecule has 0 unspecified atom stereocenters. The summed E-state index contributed by atoms with van der Waals surface area (Å²) in [7, 11) is 0. The van der Waals surface area contributed by atoms with Crippen LogP contribution in [0.15, 0.2) is 66.7 Å². The number of nitrogens with zero attached hydrogens (tertiary/aromatic N) is 1. The second kappa shape index (κ2) is 10.4. The van der Waals surface area contributed by atoms with Crippen molar-refractivity contribution in [3.05, 3.63) is 94.8 Å². The fraction of sp³-hybridized carbons (Fsp3) is 0.345. The summed E-state index contributed by atoms with van der Waals surface area (Å²) in [5.74, 6) is -1.53. The molecule has 3 aromatic rings. The highest BCUT2D eigenvalue weighted by Gasteiger charge is 2.31. The first kappa shape index (κ1) is 25.9. The van der Waals surface area contributed by atoms with Crippen LogP contribution in [-0.4, -0.2) is 29.1 Å². The number of hydrogen-bond donors (Lipinski definition) is 1. The molecule has 0 radical (unpaired) electrons. The number of alkyl halides is 3. The molecule has 1 fully saturated rings. The minimum Gasteiger partial charge on any atom is -0.481 e. The Labute approximate surface area is 208 Å². The molecule has 1 aliphatic rings. The van der Waals surface area contributed by atoms with E-state index >= 15 is 0 Å². The first-order chi connectivity index (χ1) is 17.0. The molecule has 2 atom stereocenters. The van der Waals surface area contributed by atoms with Crippen molar-refractivity contribution >= 4 is 5.97 Å². The molecule has 0 saturated carbocycles. The smallest absolute Gasteiger partial charge is 0.416 e. The van der Waals surface area contributed by atoms with Crippen LogP contribution in [0.2, 0.25) is 0 Å². The third-order valence-electron chi connectivity index (χ3n) is 7.13. The molecular formula is C29H29F4NO2. The highest BCUT2D eigenvalue weighted by Crippen LogP contribution is 2.40. The van der Waals surface area contributed by atoms with Crippen LogP contribution in [0, 0.1) is 11.7 Å². The molecule has 1 saturated heterocycles. The number of carboxylic acids is 1. The van der Waals surface area contributed by atoms with E-state index in [2.05, 4.69) is 11.8 Å². The molecule has 1 heterocycles. The molecule has 0 spiro atoms. The van der Waals surface area contributed by atoms with Crippen LogP contribution in [0.4, 0.5) is 17.6 Å². The zero-order valence-electron chi connectivity index (χ0n) is 20.2. The molecule has 7 heteroatoms. The van der Waals surface area contributed by atoms with Gasteiger partial charge >= 0.3 is 12.1 Å². The molecule has 0 aromatic heterocycles.